The van der Waals surface area contributed by atoms with E-state index in [4.69, 9.17) is 0 Å². The van der Waals surface area contributed by atoms with Crippen molar-refractivity contribution in [3.8, 4) is 29.3 Å². The average molecular weight is 682 g/mol. The Morgan fingerprint density at radius 3 is 2.51 bits per heavy atom. The molecule has 1 aromatic heterocycles. The molecule has 53 heavy (non-hydrogen) atoms. The molecule has 0 bridgehead atoms. The Bertz CT molecular complexity index is 2720. The second-order valence-electron chi connectivity index (χ2n) is 14.2. The first-order valence-corrected chi connectivity index (χ1v) is 18.2. The van der Waals surface area contributed by atoms with Gasteiger partial charge in [0.1, 0.15) is 0 Å². The molecule has 1 heterocycles. The lowest BCUT2D eigenvalue weighted by Crippen LogP contribution is -2.18. The van der Waals surface area contributed by atoms with Gasteiger partial charge in [0, 0.05) is 69.1 Å². The molecule has 0 fully saturated rings. The Balaban J connectivity index is 1.11. The summed E-state index contributed by atoms with van der Waals surface area (Å²) in [7, 11) is 0. The minimum atomic E-state index is -0.112. The SMILES string of the molecule is N#Cc1ccc2c(c1)c1ccccc1n2CC1C=CC=CC1c1cccc(C#N)c1-c1cccc(NC2=C(c3cccc4c3C4)C=CCC(C#N)C2)c1. The van der Waals surface area contributed by atoms with E-state index in [0.29, 0.717) is 17.5 Å². The number of anilines is 1. The molecule has 3 unspecified atom stereocenters. The van der Waals surface area contributed by atoms with Crippen LogP contribution in [0.4, 0.5) is 5.69 Å². The molecule has 9 rings (SSSR count). The van der Waals surface area contributed by atoms with Crippen molar-refractivity contribution in [2.45, 2.75) is 31.7 Å². The molecule has 0 saturated carbocycles. The van der Waals surface area contributed by atoms with E-state index < -0.39 is 0 Å². The second-order valence-corrected chi connectivity index (χ2v) is 14.2. The average Bonchev–Trinajstić information content (AvgIpc) is 3.98. The molecule has 1 N–H and O–H groups in total. The number of allylic oxidation sites excluding steroid dienone is 8. The van der Waals surface area contributed by atoms with Crippen molar-refractivity contribution in [3.05, 3.63) is 179 Å². The molecule has 3 atom stereocenters. The van der Waals surface area contributed by atoms with Crippen molar-refractivity contribution >= 4 is 33.1 Å². The Labute approximate surface area is 309 Å². The van der Waals surface area contributed by atoms with Crippen LogP contribution in [0.3, 0.4) is 0 Å². The smallest absolute Gasteiger partial charge is 0.0998 e. The van der Waals surface area contributed by atoms with Crippen LogP contribution in [0.15, 0.2) is 145 Å². The number of nitriles is 3. The van der Waals surface area contributed by atoms with E-state index in [1.165, 1.54) is 16.7 Å². The molecule has 3 aliphatic rings. The number of nitrogens with one attached hydrogen (secondary N) is 1. The zero-order valence-electron chi connectivity index (χ0n) is 29.1. The summed E-state index contributed by atoms with van der Waals surface area (Å²) in [6.07, 6.45) is 15.5. The van der Waals surface area contributed by atoms with Crippen molar-refractivity contribution in [2.75, 3.05) is 5.32 Å². The van der Waals surface area contributed by atoms with E-state index in [9.17, 15) is 15.8 Å². The summed E-state index contributed by atoms with van der Waals surface area (Å²) in [5.41, 5.74) is 13.7. The number of hydrogen-bond donors (Lipinski definition) is 1. The van der Waals surface area contributed by atoms with Crippen LogP contribution in [0.2, 0.25) is 0 Å². The van der Waals surface area contributed by atoms with Crippen LogP contribution < -0.4 is 5.32 Å². The summed E-state index contributed by atoms with van der Waals surface area (Å²) in [6, 6.07) is 42.6. The van der Waals surface area contributed by atoms with Gasteiger partial charge in [-0.05, 0) is 83.1 Å². The largest absolute Gasteiger partial charge is 0.358 e. The van der Waals surface area contributed by atoms with Gasteiger partial charge in [0.25, 0.3) is 0 Å². The number of para-hydroxylation sites is 1. The molecule has 0 aliphatic heterocycles. The second kappa shape index (κ2) is 13.4. The minimum Gasteiger partial charge on any atom is -0.358 e. The van der Waals surface area contributed by atoms with Gasteiger partial charge in [0.05, 0.1) is 35.3 Å². The number of rotatable bonds is 7. The van der Waals surface area contributed by atoms with Crippen molar-refractivity contribution in [1.82, 2.24) is 4.57 Å². The monoisotopic (exact) mass is 681 g/mol. The van der Waals surface area contributed by atoms with Gasteiger partial charge < -0.3 is 9.88 Å². The lowest BCUT2D eigenvalue weighted by atomic mass is 9.78. The predicted molar refractivity (Wildman–Crippen MR) is 213 cm³/mol. The first-order chi connectivity index (χ1) is 26.1. The van der Waals surface area contributed by atoms with Gasteiger partial charge in [-0.1, -0.05) is 97.1 Å². The van der Waals surface area contributed by atoms with E-state index in [1.54, 1.807) is 0 Å². The van der Waals surface area contributed by atoms with Crippen LogP contribution in [0.25, 0.3) is 38.5 Å². The number of nitrogens with zero attached hydrogens (tertiary/aromatic N) is 4. The molecule has 0 spiro atoms. The highest BCUT2D eigenvalue weighted by Crippen LogP contribution is 2.43. The Kier molecular flexibility index (Phi) is 8.08. The first kappa shape index (κ1) is 32.1. The van der Waals surface area contributed by atoms with Gasteiger partial charge >= 0.3 is 0 Å². The zero-order valence-corrected chi connectivity index (χ0v) is 29.1. The van der Waals surface area contributed by atoms with E-state index in [1.807, 2.05) is 24.3 Å². The summed E-state index contributed by atoms with van der Waals surface area (Å²) in [4.78, 5) is 0. The lowest BCUT2D eigenvalue weighted by molar-refractivity contribution is 0.501. The van der Waals surface area contributed by atoms with Crippen molar-refractivity contribution in [1.29, 1.82) is 15.8 Å². The molecule has 252 valence electrons. The standard InChI is InChI=1S/C48H35N5/c49-27-31-9-5-18-40(39-17-7-11-33-26-43(33)39)45(24-31)52-37-14-6-12-34(25-37)48-35(29-51)13-8-19-42(48)38-15-2-1-10-36(38)30-53-46-20-4-3-16-41(46)44-23-32(28-50)21-22-47(44)53/h1-8,10-23,25,31,36,38,52H,9,24,26,30H2. The van der Waals surface area contributed by atoms with Crippen molar-refractivity contribution in [2.24, 2.45) is 11.8 Å². The van der Waals surface area contributed by atoms with Gasteiger partial charge in [-0.15, -0.1) is 0 Å². The van der Waals surface area contributed by atoms with Gasteiger partial charge in [-0.3, -0.25) is 0 Å². The third-order valence-electron chi connectivity index (χ3n) is 11.0. The molecule has 0 saturated heterocycles. The van der Waals surface area contributed by atoms with Crippen LogP contribution in [0.1, 0.15) is 52.1 Å². The maximum Gasteiger partial charge on any atom is 0.0998 e. The molecule has 5 aromatic carbocycles. The maximum atomic E-state index is 10.5. The highest BCUT2D eigenvalue weighted by Gasteiger charge is 2.28. The highest BCUT2D eigenvalue weighted by molar-refractivity contribution is 6.08. The van der Waals surface area contributed by atoms with Crippen molar-refractivity contribution < 1.29 is 0 Å². The Hall–Kier alpha value is -6.87. The fourth-order valence-electron chi connectivity index (χ4n) is 8.43. The molecular formula is C48H35N5. The summed E-state index contributed by atoms with van der Waals surface area (Å²) in [5, 5.41) is 36.1. The third-order valence-corrected chi connectivity index (χ3v) is 11.0. The van der Waals surface area contributed by atoms with Crippen molar-refractivity contribution in [3.63, 3.8) is 0 Å². The van der Waals surface area contributed by atoms with E-state index in [2.05, 4.69) is 143 Å². The summed E-state index contributed by atoms with van der Waals surface area (Å²) < 4.78 is 2.38. The van der Waals surface area contributed by atoms with Crippen LogP contribution in [-0.2, 0) is 13.0 Å². The first-order valence-electron chi connectivity index (χ1n) is 18.2. The minimum absolute atomic E-state index is 0.0134. The highest BCUT2D eigenvalue weighted by atomic mass is 15.0. The molecule has 0 radical (unpaired) electrons. The maximum absolute atomic E-state index is 10.5. The normalized spacial score (nSPS) is 18.6. The van der Waals surface area contributed by atoms with E-state index in [-0.39, 0.29) is 17.8 Å². The molecule has 5 nitrogen and oxygen atoms in total. The Morgan fingerprint density at radius 2 is 1.62 bits per heavy atom. The number of aromatic nitrogens is 1. The van der Waals surface area contributed by atoms with E-state index >= 15 is 0 Å². The number of fused-ring (bicyclic) bond motifs is 4. The topological polar surface area (TPSA) is 88.3 Å². The number of benzene rings is 5. The van der Waals surface area contributed by atoms with Gasteiger partial charge in [-0.25, -0.2) is 0 Å². The molecular weight excluding hydrogens is 647 g/mol. The van der Waals surface area contributed by atoms with Gasteiger partial charge in [0.2, 0.25) is 0 Å². The zero-order chi connectivity index (χ0) is 35.9. The van der Waals surface area contributed by atoms with Crippen LogP contribution in [0.5, 0.6) is 0 Å². The predicted octanol–water partition coefficient (Wildman–Crippen LogP) is 10.9. The van der Waals surface area contributed by atoms with Crippen LogP contribution >= 0.6 is 0 Å². The quantitative estimate of drug-likeness (QED) is 0.181. The lowest BCUT2D eigenvalue weighted by Gasteiger charge is -2.28. The van der Waals surface area contributed by atoms with E-state index in [0.717, 1.165) is 74.8 Å². The van der Waals surface area contributed by atoms with Crippen LogP contribution in [0, 0.1) is 45.8 Å². The molecule has 0 amide bonds. The summed E-state index contributed by atoms with van der Waals surface area (Å²) in [6.45, 7) is 0.729. The molecule has 6 aromatic rings. The summed E-state index contributed by atoms with van der Waals surface area (Å²) >= 11 is 0. The van der Waals surface area contributed by atoms with Gasteiger partial charge in [0.15, 0.2) is 0 Å². The molecule has 5 heteroatoms. The fraction of sp³-hybridized carbons (Fsp3) is 0.146. The third kappa shape index (κ3) is 5.82. The molecule has 3 aliphatic carbocycles. The Morgan fingerprint density at radius 1 is 0.774 bits per heavy atom. The fourth-order valence-corrected chi connectivity index (χ4v) is 8.43. The van der Waals surface area contributed by atoms with Gasteiger partial charge in [-0.2, -0.15) is 15.8 Å². The number of hydrogen-bond acceptors (Lipinski definition) is 4. The van der Waals surface area contributed by atoms with Crippen LogP contribution in [-0.4, -0.2) is 4.57 Å². The summed E-state index contributed by atoms with van der Waals surface area (Å²) in [5.74, 6) is 0.00902.